The Balaban J connectivity index is 1.19. The number of nitro benzene ring substituents is 1. The smallest absolute Gasteiger partial charge is 0.272 e. The van der Waals surface area contributed by atoms with E-state index in [1.807, 2.05) is 66.7 Å². The number of anilines is 2. The Morgan fingerprint density at radius 3 is 1.94 bits per heavy atom. The summed E-state index contributed by atoms with van der Waals surface area (Å²) in [5.41, 5.74) is 2.43. The van der Waals surface area contributed by atoms with Gasteiger partial charge in [0, 0.05) is 34.0 Å². The van der Waals surface area contributed by atoms with E-state index in [0.29, 0.717) is 38.9 Å². The van der Waals surface area contributed by atoms with E-state index in [2.05, 4.69) is 16.0 Å². The first kappa shape index (κ1) is 35.8. The summed E-state index contributed by atoms with van der Waals surface area (Å²) < 4.78 is 5.88. The molecule has 0 heterocycles. The van der Waals surface area contributed by atoms with Crippen LogP contribution in [-0.2, 0) is 9.59 Å². The van der Waals surface area contributed by atoms with Crippen LogP contribution in [0.1, 0.15) is 26.7 Å². The molecule has 11 heteroatoms. The first-order valence-corrected chi connectivity index (χ1v) is 17.3. The molecule has 6 aromatic carbocycles. The maximum Gasteiger partial charge on any atom is 0.272 e. The fourth-order valence-electron chi connectivity index (χ4n) is 5.12. The van der Waals surface area contributed by atoms with Gasteiger partial charge in [0.2, 0.25) is 5.91 Å². The highest BCUT2D eigenvalue weighted by molar-refractivity contribution is 8.00. The molecular formula is C42H32N4O6S. The van der Waals surface area contributed by atoms with E-state index in [1.54, 1.807) is 72.8 Å². The van der Waals surface area contributed by atoms with Crippen molar-refractivity contribution in [1.82, 2.24) is 5.32 Å². The minimum absolute atomic E-state index is 0.0764. The molecule has 6 aromatic rings. The van der Waals surface area contributed by atoms with Crippen LogP contribution < -0.4 is 20.7 Å². The molecule has 53 heavy (non-hydrogen) atoms. The standard InChI is InChI=1S/C42H32N4O6S/c47-40(31-13-6-2-7-14-31)45-38(27-29-19-23-34(24-20-29)46(50)51)41(48)44-33-15-10-18-37(28-33)53-39(30-11-4-1-5-12-30)42(49)43-32-21-25-36(26-22-32)52-35-16-8-3-9-17-35/h1-28,39H,(H,43,49)(H,44,48)(H,45,47)/b38-27+. The van der Waals surface area contributed by atoms with Gasteiger partial charge in [0.05, 0.1) is 4.92 Å². The predicted molar refractivity (Wildman–Crippen MR) is 207 cm³/mol. The molecular weight excluding hydrogens is 689 g/mol. The zero-order chi connectivity index (χ0) is 37.0. The Morgan fingerprint density at radius 2 is 1.28 bits per heavy atom. The lowest BCUT2D eigenvalue weighted by atomic mass is 10.1. The number of thioether (sulfide) groups is 1. The van der Waals surface area contributed by atoms with Gasteiger partial charge >= 0.3 is 0 Å². The number of amides is 3. The van der Waals surface area contributed by atoms with Gasteiger partial charge < -0.3 is 20.7 Å². The van der Waals surface area contributed by atoms with Crippen LogP contribution in [0.2, 0.25) is 0 Å². The van der Waals surface area contributed by atoms with Crippen LogP contribution in [0.3, 0.4) is 0 Å². The molecule has 0 aliphatic heterocycles. The number of non-ortho nitro benzene ring substituents is 1. The molecule has 10 nitrogen and oxygen atoms in total. The Morgan fingerprint density at radius 1 is 0.660 bits per heavy atom. The van der Waals surface area contributed by atoms with Crippen molar-refractivity contribution in [2.75, 3.05) is 10.6 Å². The van der Waals surface area contributed by atoms with Gasteiger partial charge in [-0.25, -0.2) is 0 Å². The zero-order valence-corrected chi connectivity index (χ0v) is 28.9. The van der Waals surface area contributed by atoms with E-state index in [1.165, 1.54) is 42.1 Å². The van der Waals surface area contributed by atoms with Crippen LogP contribution in [0, 0.1) is 10.1 Å². The van der Waals surface area contributed by atoms with Gasteiger partial charge in [0.15, 0.2) is 0 Å². The van der Waals surface area contributed by atoms with Gasteiger partial charge in [0.1, 0.15) is 22.4 Å². The molecule has 1 unspecified atom stereocenters. The van der Waals surface area contributed by atoms with Gasteiger partial charge in [-0.3, -0.25) is 24.5 Å². The normalized spacial score (nSPS) is 11.5. The molecule has 0 bridgehead atoms. The van der Waals surface area contributed by atoms with Gasteiger partial charge in [-0.2, -0.15) is 0 Å². The van der Waals surface area contributed by atoms with Crippen LogP contribution in [-0.4, -0.2) is 22.6 Å². The maximum absolute atomic E-state index is 13.8. The van der Waals surface area contributed by atoms with Gasteiger partial charge in [-0.15, -0.1) is 11.8 Å². The molecule has 0 aromatic heterocycles. The van der Waals surface area contributed by atoms with Crippen LogP contribution in [0.25, 0.3) is 6.08 Å². The average molecular weight is 721 g/mol. The molecule has 0 fully saturated rings. The Kier molecular flexibility index (Phi) is 11.7. The Hall–Kier alpha value is -6.98. The summed E-state index contributed by atoms with van der Waals surface area (Å²) in [5, 5.41) is 19.0. The summed E-state index contributed by atoms with van der Waals surface area (Å²) in [4.78, 5) is 51.9. The minimum Gasteiger partial charge on any atom is -0.457 e. The van der Waals surface area contributed by atoms with Crippen LogP contribution in [0.5, 0.6) is 11.5 Å². The lowest BCUT2D eigenvalue weighted by Crippen LogP contribution is -2.30. The third-order valence-electron chi connectivity index (χ3n) is 7.73. The minimum atomic E-state index is -0.648. The quantitative estimate of drug-likeness (QED) is 0.0468. The van der Waals surface area contributed by atoms with Crippen molar-refractivity contribution >= 4 is 52.6 Å². The van der Waals surface area contributed by atoms with Crippen molar-refractivity contribution in [2.24, 2.45) is 0 Å². The average Bonchev–Trinajstić information content (AvgIpc) is 3.19. The van der Waals surface area contributed by atoms with Gasteiger partial charge in [0.25, 0.3) is 17.5 Å². The number of benzene rings is 6. The lowest BCUT2D eigenvalue weighted by molar-refractivity contribution is -0.384. The molecule has 0 spiro atoms. The summed E-state index contributed by atoms with van der Waals surface area (Å²) in [5.74, 6) is -0.0335. The number of nitro groups is 1. The Bertz CT molecular complexity index is 2230. The molecule has 1 atom stereocenters. The van der Waals surface area contributed by atoms with Crippen molar-refractivity contribution in [3.8, 4) is 11.5 Å². The van der Waals surface area contributed by atoms with E-state index >= 15 is 0 Å². The number of hydrogen-bond acceptors (Lipinski definition) is 7. The predicted octanol–water partition coefficient (Wildman–Crippen LogP) is 9.27. The fraction of sp³-hybridized carbons (Fsp3) is 0.0238. The van der Waals surface area contributed by atoms with Crippen LogP contribution in [0.15, 0.2) is 174 Å². The van der Waals surface area contributed by atoms with E-state index in [-0.39, 0.29) is 17.3 Å². The first-order valence-electron chi connectivity index (χ1n) is 16.4. The number of hydrogen-bond donors (Lipinski definition) is 3. The van der Waals surface area contributed by atoms with E-state index in [4.69, 9.17) is 4.74 Å². The van der Waals surface area contributed by atoms with E-state index < -0.39 is 22.0 Å². The van der Waals surface area contributed by atoms with Crippen molar-refractivity contribution in [3.05, 3.63) is 196 Å². The van der Waals surface area contributed by atoms with Crippen molar-refractivity contribution < 1.29 is 24.0 Å². The van der Waals surface area contributed by atoms with Crippen LogP contribution in [0.4, 0.5) is 17.1 Å². The van der Waals surface area contributed by atoms with Crippen LogP contribution >= 0.6 is 11.8 Å². The monoisotopic (exact) mass is 720 g/mol. The number of nitrogens with one attached hydrogen (secondary N) is 3. The second-order valence-corrected chi connectivity index (χ2v) is 12.7. The first-order chi connectivity index (χ1) is 25.8. The molecule has 3 N–H and O–H groups in total. The van der Waals surface area contributed by atoms with Crippen molar-refractivity contribution in [3.63, 3.8) is 0 Å². The molecule has 0 aliphatic rings. The number of carbonyl (C=O) groups excluding carboxylic acids is 3. The summed E-state index contributed by atoms with van der Waals surface area (Å²) in [7, 11) is 0. The Labute approximate surface area is 309 Å². The molecule has 0 saturated carbocycles. The highest BCUT2D eigenvalue weighted by Crippen LogP contribution is 2.37. The topological polar surface area (TPSA) is 140 Å². The number of para-hydroxylation sites is 1. The fourth-order valence-corrected chi connectivity index (χ4v) is 6.21. The number of rotatable bonds is 13. The maximum atomic E-state index is 13.8. The van der Waals surface area contributed by atoms with E-state index in [0.717, 1.165) is 5.56 Å². The molecule has 0 saturated heterocycles. The summed E-state index contributed by atoms with van der Waals surface area (Å²) in [6, 6.07) is 46.9. The number of ether oxygens (including phenoxy) is 1. The summed E-state index contributed by atoms with van der Waals surface area (Å²) in [6.45, 7) is 0. The molecule has 3 amide bonds. The molecule has 0 radical (unpaired) electrons. The third kappa shape index (κ3) is 10.1. The third-order valence-corrected chi connectivity index (χ3v) is 8.98. The largest absolute Gasteiger partial charge is 0.457 e. The second-order valence-electron chi connectivity index (χ2n) is 11.5. The lowest BCUT2D eigenvalue weighted by Gasteiger charge is -2.18. The second kappa shape index (κ2) is 17.3. The molecule has 6 rings (SSSR count). The van der Waals surface area contributed by atoms with Crippen molar-refractivity contribution in [2.45, 2.75) is 10.1 Å². The van der Waals surface area contributed by atoms with Crippen molar-refractivity contribution in [1.29, 1.82) is 0 Å². The summed E-state index contributed by atoms with van der Waals surface area (Å²) in [6.07, 6.45) is 1.44. The summed E-state index contributed by atoms with van der Waals surface area (Å²) >= 11 is 1.31. The SMILES string of the molecule is O=C(Nc1cccc(SC(C(=O)Nc2ccc(Oc3ccccc3)cc2)c2ccccc2)c1)/C(=C\c1ccc([N+](=O)[O-])cc1)NC(=O)c1ccccc1. The number of carbonyl (C=O) groups is 3. The molecule has 262 valence electrons. The number of nitrogens with zero attached hydrogens (tertiary/aromatic N) is 1. The van der Waals surface area contributed by atoms with E-state index in [9.17, 15) is 24.5 Å². The van der Waals surface area contributed by atoms with Gasteiger partial charge in [-0.1, -0.05) is 72.8 Å². The zero-order valence-electron chi connectivity index (χ0n) is 28.0. The highest BCUT2D eigenvalue weighted by atomic mass is 32.2. The molecule has 0 aliphatic carbocycles. The van der Waals surface area contributed by atoms with Gasteiger partial charge in [-0.05, 0) is 96.1 Å². The highest BCUT2D eigenvalue weighted by Gasteiger charge is 2.23.